The molecule has 29 heavy (non-hydrogen) atoms. The van der Waals surface area contributed by atoms with Crippen molar-refractivity contribution in [1.82, 2.24) is 10.0 Å². The molecule has 0 bridgehead atoms. The number of hydrogen-bond acceptors (Lipinski definition) is 5. The van der Waals surface area contributed by atoms with Gasteiger partial charge in [0, 0.05) is 12.1 Å². The maximum absolute atomic E-state index is 12.5. The molecule has 2 rings (SSSR count). The highest BCUT2D eigenvalue weighted by atomic mass is 32.2. The Balaban J connectivity index is 2.09. The SMILES string of the molecule is CCNS(=O)(=O)c1ccc(C)c(C(=O)NCC(=O)Nc2cc(C)ccc2OC)c1. The lowest BCUT2D eigenvalue weighted by Gasteiger charge is -2.12. The zero-order valence-electron chi connectivity index (χ0n) is 16.8. The maximum Gasteiger partial charge on any atom is 0.252 e. The van der Waals surface area contributed by atoms with E-state index in [-0.39, 0.29) is 23.5 Å². The summed E-state index contributed by atoms with van der Waals surface area (Å²) in [4.78, 5) is 24.7. The molecular weight excluding hydrogens is 394 g/mol. The molecule has 0 saturated heterocycles. The fourth-order valence-corrected chi connectivity index (χ4v) is 3.72. The largest absolute Gasteiger partial charge is 0.495 e. The number of carbonyl (C=O) groups excluding carboxylic acids is 2. The number of carbonyl (C=O) groups is 2. The molecule has 0 atom stereocenters. The molecule has 0 aliphatic carbocycles. The van der Waals surface area contributed by atoms with E-state index < -0.39 is 21.8 Å². The molecule has 0 unspecified atom stereocenters. The van der Waals surface area contributed by atoms with Gasteiger partial charge in [0.15, 0.2) is 0 Å². The van der Waals surface area contributed by atoms with E-state index in [0.29, 0.717) is 17.0 Å². The van der Waals surface area contributed by atoms with Crippen LogP contribution in [0.2, 0.25) is 0 Å². The molecule has 0 aliphatic rings. The summed E-state index contributed by atoms with van der Waals surface area (Å²) in [6.07, 6.45) is 0. The van der Waals surface area contributed by atoms with Gasteiger partial charge in [-0.3, -0.25) is 9.59 Å². The molecule has 0 fully saturated rings. The van der Waals surface area contributed by atoms with Gasteiger partial charge in [0.05, 0.1) is 24.2 Å². The molecule has 0 spiro atoms. The van der Waals surface area contributed by atoms with Crippen LogP contribution in [0, 0.1) is 13.8 Å². The van der Waals surface area contributed by atoms with Gasteiger partial charge in [-0.2, -0.15) is 0 Å². The number of amides is 2. The first-order valence-electron chi connectivity index (χ1n) is 9.01. The van der Waals surface area contributed by atoms with E-state index in [2.05, 4.69) is 15.4 Å². The quantitative estimate of drug-likeness (QED) is 0.605. The van der Waals surface area contributed by atoms with Crippen molar-refractivity contribution in [3.63, 3.8) is 0 Å². The predicted molar refractivity (Wildman–Crippen MR) is 111 cm³/mol. The van der Waals surface area contributed by atoms with Gasteiger partial charge >= 0.3 is 0 Å². The Morgan fingerprint density at radius 3 is 2.45 bits per heavy atom. The fraction of sp³-hybridized carbons (Fsp3) is 0.300. The monoisotopic (exact) mass is 419 g/mol. The highest BCUT2D eigenvalue weighted by Gasteiger charge is 2.18. The number of hydrogen-bond donors (Lipinski definition) is 3. The number of ether oxygens (including phenoxy) is 1. The number of rotatable bonds is 8. The molecular formula is C20H25N3O5S. The van der Waals surface area contributed by atoms with Crippen LogP contribution in [0.15, 0.2) is 41.3 Å². The third-order valence-electron chi connectivity index (χ3n) is 4.14. The Hall–Kier alpha value is -2.91. The number of sulfonamides is 1. The topological polar surface area (TPSA) is 114 Å². The van der Waals surface area contributed by atoms with Crippen LogP contribution in [-0.4, -0.2) is 40.4 Å². The van der Waals surface area contributed by atoms with E-state index in [9.17, 15) is 18.0 Å². The number of anilines is 1. The van der Waals surface area contributed by atoms with Crippen LogP contribution in [0.25, 0.3) is 0 Å². The van der Waals surface area contributed by atoms with Crippen LogP contribution < -0.4 is 20.1 Å². The summed E-state index contributed by atoms with van der Waals surface area (Å²) in [5.74, 6) is -0.466. The number of benzene rings is 2. The van der Waals surface area contributed by atoms with Crippen molar-refractivity contribution >= 4 is 27.5 Å². The van der Waals surface area contributed by atoms with Crippen LogP contribution in [-0.2, 0) is 14.8 Å². The second kappa shape index (κ2) is 9.53. The van der Waals surface area contributed by atoms with Crippen LogP contribution >= 0.6 is 0 Å². The molecule has 0 aromatic heterocycles. The maximum atomic E-state index is 12.5. The predicted octanol–water partition coefficient (Wildman–Crippen LogP) is 1.98. The highest BCUT2D eigenvalue weighted by molar-refractivity contribution is 7.89. The Labute approximate surface area is 170 Å². The normalized spacial score (nSPS) is 11.0. The lowest BCUT2D eigenvalue weighted by atomic mass is 10.1. The molecule has 9 heteroatoms. The van der Waals surface area contributed by atoms with Crippen LogP contribution in [0.5, 0.6) is 5.75 Å². The van der Waals surface area contributed by atoms with Crippen molar-refractivity contribution < 1.29 is 22.7 Å². The Morgan fingerprint density at radius 2 is 1.79 bits per heavy atom. The summed E-state index contributed by atoms with van der Waals surface area (Å²) in [6, 6.07) is 9.64. The first kappa shape index (κ1) is 22.4. The first-order valence-corrected chi connectivity index (χ1v) is 10.5. The summed E-state index contributed by atoms with van der Waals surface area (Å²) < 4.78 is 31.9. The van der Waals surface area contributed by atoms with Crippen molar-refractivity contribution in [1.29, 1.82) is 0 Å². The lowest BCUT2D eigenvalue weighted by molar-refractivity contribution is -0.115. The molecule has 0 saturated carbocycles. The minimum absolute atomic E-state index is 0.0101. The molecule has 156 valence electrons. The summed E-state index contributed by atoms with van der Waals surface area (Å²) in [5, 5.41) is 5.21. The Morgan fingerprint density at radius 1 is 1.07 bits per heavy atom. The molecule has 0 heterocycles. The molecule has 2 amide bonds. The average Bonchev–Trinajstić information content (AvgIpc) is 2.66. The molecule has 0 aliphatic heterocycles. The second-order valence-corrected chi connectivity index (χ2v) is 8.18. The van der Waals surface area contributed by atoms with Crippen molar-refractivity contribution in [2.75, 3.05) is 25.5 Å². The summed E-state index contributed by atoms with van der Waals surface area (Å²) >= 11 is 0. The van der Waals surface area contributed by atoms with Gasteiger partial charge in [-0.05, 0) is 49.2 Å². The highest BCUT2D eigenvalue weighted by Crippen LogP contribution is 2.25. The van der Waals surface area contributed by atoms with Crippen molar-refractivity contribution in [3.05, 3.63) is 53.1 Å². The molecule has 3 N–H and O–H groups in total. The minimum atomic E-state index is -3.69. The third kappa shape index (κ3) is 5.78. The van der Waals surface area contributed by atoms with Crippen LogP contribution in [0.1, 0.15) is 28.4 Å². The minimum Gasteiger partial charge on any atom is -0.495 e. The van der Waals surface area contributed by atoms with Crippen molar-refractivity contribution in [2.45, 2.75) is 25.7 Å². The first-order chi connectivity index (χ1) is 13.7. The standard InChI is InChI=1S/C20H25N3O5S/c1-5-22-29(26,27)15-8-7-14(3)16(11-15)20(25)21-12-19(24)23-17-10-13(2)6-9-18(17)28-4/h6-11,22H,5,12H2,1-4H3,(H,21,25)(H,23,24). The zero-order chi connectivity index (χ0) is 21.6. The smallest absolute Gasteiger partial charge is 0.252 e. The van der Waals surface area contributed by atoms with E-state index in [1.807, 2.05) is 13.0 Å². The molecule has 2 aromatic carbocycles. The average molecular weight is 420 g/mol. The zero-order valence-corrected chi connectivity index (χ0v) is 17.6. The Kier molecular flexibility index (Phi) is 7.35. The van der Waals surface area contributed by atoms with Gasteiger partial charge < -0.3 is 15.4 Å². The third-order valence-corrected chi connectivity index (χ3v) is 5.68. The molecule has 2 aromatic rings. The van der Waals surface area contributed by atoms with E-state index >= 15 is 0 Å². The van der Waals surface area contributed by atoms with Crippen molar-refractivity contribution in [2.24, 2.45) is 0 Å². The van der Waals surface area contributed by atoms with Gasteiger partial charge in [0.25, 0.3) is 5.91 Å². The van der Waals surface area contributed by atoms with Gasteiger partial charge in [0.1, 0.15) is 5.75 Å². The summed E-state index contributed by atoms with van der Waals surface area (Å²) in [7, 11) is -2.19. The number of methoxy groups -OCH3 is 1. The summed E-state index contributed by atoms with van der Waals surface area (Å²) in [5.41, 5.74) is 2.23. The van der Waals surface area contributed by atoms with E-state index in [4.69, 9.17) is 4.74 Å². The fourth-order valence-electron chi connectivity index (χ4n) is 2.66. The molecule has 8 nitrogen and oxygen atoms in total. The van der Waals surface area contributed by atoms with E-state index in [1.54, 1.807) is 32.0 Å². The van der Waals surface area contributed by atoms with E-state index in [1.165, 1.54) is 19.2 Å². The number of nitrogens with one attached hydrogen (secondary N) is 3. The van der Waals surface area contributed by atoms with Gasteiger partial charge in [0.2, 0.25) is 15.9 Å². The second-order valence-electron chi connectivity index (χ2n) is 6.41. The van der Waals surface area contributed by atoms with Crippen LogP contribution in [0.4, 0.5) is 5.69 Å². The Bertz CT molecular complexity index is 1020. The van der Waals surface area contributed by atoms with Gasteiger partial charge in [-0.15, -0.1) is 0 Å². The van der Waals surface area contributed by atoms with E-state index in [0.717, 1.165) is 5.56 Å². The van der Waals surface area contributed by atoms with Gasteiger partial charge in [-0.1, -0.05) is 19.1 Å². The summed E-state index contributed by atoms with van der Waals surface area (Å²) in [6.45, 7) is 5.20. The molecule has 0 radical (unpaired) electrons. The lowest BCUT2D eigenvalue weighted by Crippen LogP contribution is -2.33. The van der Waals surface area contributed by atoms with Gasteiger partial charge in [-0.25, -0.2) is 13.1 Å². The van der Waals surface area contributed by atoms with Crippen LogP contribution in [0.3, 0.4) is 0 Å². The van der Waals surface area contributed by atoms with Crippen molar-refractivity contribution in [3.8, 4) is 5.75 Å². The number of aryl methyl sites for hydroxylation is 2.